The van der Waals surface area contributed by atoms with Crippen LogP contribution < -0.4 is 14.2 Å². The van der Waals surface area contributed by atoms with Crippen LogP contribution in [0.15, 0.2) is 12.1 Å². The summed E-state index contributed by atoms with van der Waals surface area (Å²) in [4.78, 5) is 12.2. The molecule has 0 bridgehead atoms. The van der Waals surface area contributed by atoms with Crippen LogP contribution in [0.1, 0.15) is 10.4 Å². The fourth-order valence-electron chi connectivity index (χ4n) is 1.87. The lowest BCUT2D eigenvalue weighted by Crippen LogP contribution is -2.22. The van der Waals surface area contributed by atoms with Gasteiger partial charge in [0.15, 0.2) is 17.3 Å². The van der Waals surface area contributed by atoms with Gasteiger partial charge in [0.25, 0.3) is 0 Å². The van der Waals surface area contributed by atoms with Gasteiger partial charge >= 0.3 is 0 Å². The smallest absolute Gasteiger partial charge is 0.203 e. The molecule has 0 aliphatic carbocycles. The number of Topliss-reactive ketones (excluding diaryl/α,β-unsaturated/α-hetero) is 1. The average Bonchev–Trinajstić information content (AvgIpc) is 2.48. The number of carbonyl (C=O) groups is 1. The quantitative estimate of drug-likeness (QED) is 0.396. The molecule has 0 unspecified atom stereocenters. The third kappa shape index (κ3) is 5.34. The number of hydrogen-bond donors (Lipinski definition) is 0. The Morgan fingerprint density at radius 2 is 1.55 bits per heavy atom. The lowest BCUT2D eigenvalue weighted by molar-refractivity contribution is 0.0781. The summed E-state index contributed by atoms with van der Waals surface area (Å²) >= 11 is 0. The third-order valence-electron chi connectivity index (χ3n) is 3.22. The predicted molar refractivity (Wildman–Crippen MR) is 89.4 cm³/mol. The molecule has 0 spiro atoms. The van der Waals surface area contributed by atoms with Gasteiger partial charge in [-0.2, -0.15) is 0 Å². The zero-order chi connectivity index (χ0) is 16.8. The van der Waals surface area contributed by atoms with E-state index in [1.807, 2.05) is 0 Å². The number of hydrogen-bond acceptors (Lipinski definition) is 5. The second kappa shape index (κ2) is 8.19. The second-order valence-electron chi connectivity index (χ2n) is 6.20. The van der Waals surface area contributed by atoms with Gasteiger partial charge in [0.05, 0.1) is 21.3 Å². The van der Waals surface area contributed by atoms with Crippen LogP contribution >= 0.6 is 0 Å². The molecule has 0 aromatic heterocycles. The first-order valence-corrected chi connectivity index (χ1v) is 10.9. The topological polar surface area (TPSA) is 54.0 Å². The minimum absolute atomic E-state index is 0.0586. The number of ether oxygens (including phenoxy) is 4. The molecule has 0 aliphatic heterocycles. The van der Waals surface area contributed by atoms with Crippen molar-refractivity contribution >= 4 is 13.9 Å². The molecule has 0 heterocycles. The van der Waals surface area contributed by atoms with Crippen LogP contribution in [0.2, 0.25) is 25.7 Å². The van der Waals surface area contributed by atoms with E-state index in [1.165, 1.54) is 21.3 Å². The molecule has 0 aliphatic rings. The molecule has 1 rings (SSSR count). The van der Waals surface area contributed by atoms with E-state index in [1.54, 1.807) is 12.1 Å². The summed E-state index contributed by atoms with van der Waals surface area (Å²) in [6.07, 6.45) is 0. The summed E-state index contributed by atoms with van der Waals surface area (Å²) in [7, 11) is 3.43. The largest absolute Gasteiger partial charge is 0.493 e. The highest BCUT2D eigenvalue weighted by atomic mass is 28.3. The molecule has 0 atom stereocenters. The molecular weight excluding hydrogens is 300 g/mol. The Balaban J connectivity index is 2.77. The first-order chi connectivity index (χ1) is 10.3. The van der Waals surface area contributed by atoms with E-state index in [2.05, 4.69) is 19.6 Å². The highest BCUT2D eigenvalue weighted by Gasteiger charge is 2.17. The molecular formula is C16H26O5Si. The zero-order valence-electron chi connectivity index (χ0n) is 14.3. The van der Waals surface area contributed by atoms with Crippen molar-refractivity contribution in [1.29, 1.82) is 0 Å². The molecule has 0 amide bonds. The Morgan fingerprint density at radius 1 is 1.00 bits per heavy atom. The minimum Gasteiger partial charge on any atom is -0.493 e. The van der Waals surface area contributed by atoms with Gasteiger partial charge in [-0.25, -0.2) is 0 Å². The van der Waals surface area contributed by atoms with Gasteiger partial charge in [-0.05, 0) is 18.2 Å². The van der Waals surface area contributed by atoms with Gasteiger partial charge in [0.2, 0.25) is 5.75 Å². The minimum atomic E-state index is -1.14. The molecule has 0 N–H and O–H groups in total. The van der Waals surface area contributed by atoms with E-state index in [-0.39, 0.29) is 12.4 Å². The molecule has 1 aromatic carbocycles. The zero-order valence-corrected chi connectivity index (χ0v) is 15.3. The summed E-state index contributed by atoms with van der Waals surface area (Å²) < 4.78 is 21.2. The van der Waals surface area contributed by atoms with Crippen LogP contribution in [0, 0.1) is 0 Å². The molecule has 124 valence electrons. The van der Waals surface area contributed by atoms with Crippen molar-refractivity contribution in [2.75, 3.05) is 34.5 Å². The van der Waals surface area contributed by atoms with E-state index >= 15 is 0 Å². The molecule has 5 nitrogen and oxygen atoms in total. The number of carbonyl (C=O) groups excluding carboxylic acids is 1. The lowest BCUT2D eigenvalue weighted by Gasteiger charge is -2.16. The van der Waals surface area contributed by atoms with Crippen LogP contribution in [0.4, 0.5) is 0 Å². The van der Waals surface area contributed by atoms with Crippen LogP contribution in [-0.2, 0) is 4.74 Å². The number of benzene rings is 1. The van der Waals surface area contributed by atoms with Gasteiger partial charge in [0, 0.05) is 20.2 Å². The Bertz CT molecular complexity index is 483. The molecule has 6 heteroatoms. The Morgan fingerprint density at radius 3 is 1.95 bits per heavy atom. The lowest BCUT2D eigenvalue weighted by atomic mass is 10.1. The van der Waals surface area contributed by atoms with Crippen molar-refractivity contribution in [2.24, 2.45) is 0 Å². The van der Waals surface area contributed by atoms with Crippen molar-refractivity contribution in [2.45, 2.75) is 25.7 Å². The standard InChI is InChI=1S/C16H26O5Si/c1-18-14-9-12(10-15(19-2)16(14)20-3)13(17)11-21-7-8-22(4,5)6/h9-10H,7-8,11H2,1-6H3. The maximum atomic E-state index is 12.2. The Hall–Kier alpha value is -1.53. The molecule has 0 radical (unpaired) electrons. The molecule has 0 fully saturated rings. The van der Waals surface area contributed by atoms with Gasteiger partial charge in [-0.1, -0.05) is 19.6 Å². The van der Waals surface area contributed by atoms with Crippen molar-refractivity contribution in [3.05, 3.63) is 17.7 Å². The highest BCUT2D eigenvalue weighted by Crippen LogP contribution is 2.38. The number of ketones is 1. The second-order valence-corrected chi connectivity index (χ2v) is 11.8. The summed E-state index contributed by atoms with van der Waals surface area (Å²) in [5.74, 6) is 1.30. The van der Waals surface area contributed by atoms with Crippen LogP contribution in [0.5, 0.6) is 17.2 Å². The monoisotopic (exact) mass is 326 g/mol. The number of methoxy groups -OCH3 is 3. The summed E-state index contributed by atoms with van der Waals surface area (Å²) in [5.41, 5.74) is 0.488. The van der Waals surface area contributed by atoms with E-state index in [4.69, 9.17) is 18.9 Å². The first kappa shape index (κ1) is 18.5. The maximum Gasteiger partial charge on any atom is 0.203 e. The van der Waals surface area contributed by atoms with Crippen LogP contribution in [0.25, 0.3) is 0 Å². The SMILES string of the molecule is COc1cc(C(=O)COCC[Si](C)(C)C)cc(OC)c1OC. The molecule has 0 saturated heterocycles. The van der Waals surface area contributed by atoms with E-state index in [0.717, 1.165) is 6.04 Å². The fourth-order valence-corrected chi connectivity index (χ4v) is 2.63. The number of rotatable bonds is 9. The van der Waals surface area contributed by atoms with E-state index in [9.17, 15) is 4.79 Å². The summed E-state index contributed by atoms with van der Waals surface area (Å²) in [6, 6.07) is 4.33. The van der Waals surface area contributed by atoms with Crippen molar-refractivity contribution in [3.63, 3.8) is 0 Å². The highest BCUT2D eigenvalue weighted by molar-refractivity contribution is 6.76. The van der Waals surface area contributed by atoms with Crippen molar-refractivity contribution < 1.29 is 23.7 Å². The molecule has 0 saturated carbocycles. The third-order valence-corrected chi connectivity index (χ3v) is 4.92. The van der Waals surface area contributed by atoms with Crippen LogP contribution in [-0.4, -0.2) is 48.4 Å². The van der Waals surface area contributed by atoms with Gasteiger partial charge in [-0.3, -0.25) is 4.79 Å². The van der Waals surface area contributed by atoms with E-state index in [0.29, 0.717) is 29.4 Å². The molecule has 1 aromatic rings. The van der Waals surface area contributed by atoms with Crippen molar-refractivity contribution in [3.8, 4) is 17.2 Å². The average molecular weight is 326 g/mol. The fraction of sp³-hybridized carbons (Fsp3) is 0.562. The van der Waals surface area contributed by atoms with Gasteiger partial charge in [0.1, 0.15) is 6.61 Å². The predicted octanol–water partition coefficient (Wildman–Crippen LogP) is 3.25. The van der Waals surface area contributed by atoms with Crippen molar-refractivity contribution in [1.82, 2.24) is 0 Å². The van der Waals surface area contributed by atoms with E-state index < -0.39 is 8.07 Å². The maximum absolute atomic E-state index is 12.2. The summed E-state index contributed by atoms with van der Waals surface area (Å²) in [5, 5.41) is 0. The van der Waals surface area contributed by atoms with Gasteiger partial charge in [-0.15, -0.1) is 0 Å². The molecule has 22 heavy (non-hydrogen) atoms. The van der Waals surface area contributed by atoms with Gasteiger partial charge < -0.3 is 18.9 Å². The Kier molecular flexibility index (Phi) is 6.89. The first-order valence-electron chi connectivity index (χ1n) is 7.23. The Labute approximate surface area is 133 Å². The normalized spacial score (nSPS) is 11.2. The summed E-state index contributed by atoms with van der Waals surface area (Å²) in [6.45, 7) is 7.50. The van der Waals surface area contributed by atoms with Crippen LogP contribution in [0.3, 0.4) is 0 Å².